The monoisotopic (exact) mass is 279 g/mol. The quantitative estimate of drug-likeness (QED) is 0.917. The van der Waals surface area contributed by atoms with E-state index in [4.69, 9.17) is 5.73 Å². The first kappa shape index (κ1) is 15.4. The van der Waals surface area contributed by atoms with Gasteiger partial charge in [-0.05, 0) is 57.6 Å². The van der Waals surface area contributed by atoms with Crippen LogP contribution < -0.4 is 5.73 Å². The van der Waals surface area contributed by atoms with E-state index >= 15 is 0 Å². The predicted molar refractivity (Wildman–Crippen MR) is 81.1 cm³/mol. The molecule has 0 amide bonds. The van der Waals surface area contributed by atoms with Crippen molar-refractivity contribution in [1.82, 2.24) is 9.80 Å². The first-order valence-corrected chi connectivity index (χ1v) is 7.50. The van der Waals surface area contributed by atoms with Gasteiger partial charge in [-0.25, -0.2) is 4.39 Å². The van der Waals surface area contributed by atoms with Crippen LogP contribution in [0.1, 0.15) is 31.4 Å². The average molecular weight is 279 g/mol. The molecule has 3 nitrogen and oxygen atoms in total. The Hall–Kier alpha value is -0.970. The van der Waals surface area contributed by atoms with Crippen LogP contribution in [0.3, 0.4) is 0 Å². The summed E-state index contributed by atoms with van der Waals surface area (Å²) in [5, 5.41) is 0. The van der Waals surface area contributed by atoms with Gasteiger partial charge in [0.15, 0.2) is 0 Å². The van der Waals surface area contributed by atoms with E-state index in [1.807, 2.05) is 6.07 Å². The molecular formula is C16H26FN3. The molecule has 0 aromatic heterocycles. The van der Waals surface area contributed by atoms with Gasteiger partial charge in [-0.1, -0.05) is 12.1 Å². The van der Waals surface area contributed by atoms with Gasteiger partial charge in [-0.15, -0.1) is 0 Å². The summed E-state index contributed by atoms with van der Waals surface area (Å²) < 4.78 is 13.2. The lowest BCUT2D eigenvalue weighted by Crippen LogP contribution is -2.39. The summed E-state index contributed by atoms with van der Waals surface area (Å²) in [4.78, 5) is 4.89. The predicted octanol–water partition coefficient (Wildman–Crippen LogP) is 2.24. The van der Waals surface area contributed by atoms with Crippen LogP contribution in [0.25, 0.3) is 0 Å². The van der Waals surface area contributed by atoms with Crippen LogP contribution in [0, 0.1) is 5.82 Å². The second-order valence-corrected chi connectivity index (χ2v) is 5.95. The number of hydrogen-bond donors (Lipinski definition) is 1. The number of rotatable bonds is 4. The topological polar surface area (TPSA) is 32.5 Å². The van der Waals surface area contributed by atoms with Gasteiger partial charge in [0.1, 0.15) is 5.82 Å². The summed E-state index contributed by atoms with van der Waals surface area (Å²) in [6.07, 6.45) is 2.08. The normalized spacial score (nSPS) is 23.5. The van der Waals surface area contributed by atoms with Crippen LogP contribution in [0.4, 0.5) is 4.39 Å². The van der Waals surface area contributed by atoms with Crippen LogP contribution in [-0.4, -0.2) is 49.1 Å². The zero-order valence-electron chi connectivity index (χ0n) is 12.6. The third kappa shape index (κ3) is 4.27. The van der Waals surface area contributed by atoms with Crippen molar-refractivity contribution in [3.63, 3.8) is 0 Å². The SMILES string of the molecule is CC1CN(C)CCCN1CCC(N)c1cccc(F)c1. The minimum absolute atomic E-state index is 0.0844. The Morgan fingerprint density at radius 2 is 2.20 bits per heavy atom. The highest BCUT2D eigenvalue weighted by atomic mass is 19.1. The average Bonchev–Trinajstić information content (AvgIpc) is 2.57. The van der Waals surface area contributed by atoms with E-state index in [2.05, 4.69) is 23.8 Å². The van der Waals surface area contributed by atoms with Gasteiger partial charge in [0.25, 0.3) is 0 Å². The first-order chi connectivity index (χ1) is 9.56. The summed E-state index contributed by atoms with van der Waals surface area (Å²) in [5.41, 5.74) is 7.08. The second-order valence-electron chi connectivity index (χ2n) is 5.95. The zero-order valence-corrected chi connectivity index (χ0v) is 12.6. The van der Waals surface area contributed by atoms with E-state index in [-0.39, 0.29) is 11.9 Å². The Morgan fingerprint density at radius 3 is 2.95 bits per heavy atom. The molecule has 1 fully saturated rings. The highest BCUT2D eigenvalue weighted by Gasteiger charge is 2.20. The van der Waals surface area contributed by atoms with Crippen LogP contribution >= 0.6 is 0 Å². The number of benzene rings is 1. The molecule has 0 aliphatic carbocycles. The fourth-order valence-electron chi connectivity index (χ4n) is 2.96. The van der Waals surface area contributed by atoms with Crippen molar-refractivity contribution in [2.75, 3.05) is 33.2 Å². The van der Waals surface area contributed by atoms with Gasteiger partial charge in [-0.3, -0.25) is 4.90 Å². The van der Waals surface area contributed by atoms with E-state index in [1.54, 1.807) is 12.1 Å². The van der Waals surface area contributed by atoms with Crippen LogP contribution in [0.15, 0.2) is 24.3 Å². The summed E-state index contributed by atoms with van der Waals surface area (Å²) in [6.45, 7) is 6.65. The van der Waals surface area contributed by atoms with Crippen LogP contribution in [0.2, 0.25) is 0 Å². The first-order valence-electron chi connectivity index (χ1n) is 7.50. The summed E-state index contributed by atoms with van der Waals surface area (Å²) in [6, 6.07) is 7.12. The molecular weight excluding hydrogens is 253 g/mol. The molecule has 112 valence electrons. The molecule has 2 rings (SSSR count). The molecule has 1 aromatic carbocycles. The highest BCUT2D eigenvalue weighted by molar-refractivity contribution is 5.19. The molecule has 0 bridgehead atoms. The van der Waals surface area contributed by atoms with Crippen LogP contribution in [0.5, 0.6) is 0 Å². The Labute approximate surface area is 121 Å². The third-order valence-electron chi connectivity index (χ3n) is 4.19. The lowest BCUT2D eigenvalue weighted by atomic mass is 10.0. The van der Waals surface area contributed by atoms with Crippen molar-refractivity contribution in [3.05, 3.63) is 35.6 Å². The molecule has 2 N–H and O–H groups in total. The molecule has 0 saturated carbocycles. The van der Waals surface area contributed by atoms with Gasteiger partial charge < -0.3 is 10.6 Å². The van der Waals surface area contributed by atoms with Gasteiger partial charge >= 0.3 is 0 Å². The summed E-state index contributed by atoms with van der Waals surface area (Å²) in [7, 11) is 2.18. The summed E-state index contributed by atoms with van der Waals surface area (Å²) in [5.74, 6) is -0.206. The lowest BCUT2D eigenvalue weighted by molar-refractivity contribution is 0.196. The molecule has 2 atom stereocenters. The number of halogens is 1. The van der Waals surface area contributed by atoms with E-state index in [0.717, 1.165) is 38.2 Å². The maximum atomic E-state index is 13.2. The van der Waals surface area contributed by atoms with E-state index < -0.39 is 0 Å². The minimum Gasteiger partial charge on any atom is -0.324 e. The molecule has 0 radical (unpaired) electrons. The number of likely N-dealkylation sites (N-methyl/N-ethyl adjacent to an activating group) is 1. The Balaban J connectivity index is 1.87. The maximum absolute atomic E-state index is 13.2. The van der Waals surface area contributed by atoms with Gasteiger partial charge in [0, 0.05) is 25.2 Å². The minimum atomic E-state index is -0.206. The highest BCUT2D eigenvalue weighted by Crippen LogP contribution is 2.17. The van der Waals surface area contributed by atoms with Crippen molar-refractivity contribution in [1.29, 1.82) is 0 Å². The van der Waals surface area contributed by atoms with E-state index in [9.17, 15) is 4.39 Å². The zero-order chi connectivity index (χ0) is 14.5. The number of hydrogen-bond acceptors (Lipinski definition) is 3. The molecule has 1 saturated heterocycles. The Morgan fingerprint density at radius 1 is 1.40 bits per heavy atom. The standard InChI is InChI=1S/C16H26FN3/c1-13-12-19(2)8-4-9-20(13)10-7-16(18)14-5-3-6-15(17)11-14/h3,5-6,11,13,16H,4,7-10,12,18H2,1-2H3. The van der Waals surface area contributed by atoms with E-state index in [0.29, 0.717) is 6.04 Å². The molecule has 0 spiro atoms. The molecule has 20 heavy (non-hydrogen) atoms. The maximum Gasteiger partial charge on any atom is 0.123 e. The lowest BCUT2D eigenvalue weighted by Gasteiger charge is -2.28. The molecule has 1 aliphatic rings. The van der Waals surface area contributed by atoms with Crippen molar-refractivity contribution in [2.45, 2.75) is 31.8 Å². The Bertz CT molecular complexity index is 424. The molecule has 2 unspecified atom stereocenters. The fraction of sp³-hybridized carbons (Fsp3) is 0.625. The molecule has 4 heteroatoms. The van der Waals surface area contributed by atoms with Crippen molar-refractivity contribution in [3.8, 4) is 0 Å². The number of nitrogens with zero attached hydrogens (tertiary/aromatic N) is 2. The van der Waals surface area contributed by atoms with Gasteiger partial charge in [0.2, 0.25) is 0 Å². The fourth-order valence-corrected chi connectivity index (χ4v) is 2.96. The second kappa shape index (κ2) is 7.16. The van der Waals surface area contributed by atoms with Gasteiger partial charge in [0.05, 0.1) is 0 Å². The largest absolute Gasteiger partial charge is 0.324 e. The smallest absolute Gasteiger partial charge is 0.123 e. The van der Waals surface area contributed by atoms with Crippen molar-refractivity contribution >= 4 is 0 Å². The van der Waals surface area contributed by atoms with Crippen molar-refractivity contribution in [2.24, 2.45) is 5.73 Å². The van der Waals surface area contributed by atoms with Crippen molar-refractivity contribution < 1.29 is 4.39 Å². The third-order valence-corrected chi connectivity index (χ3v) is 4.19. The summed E-state index contributed by atoms with van der Waals surface area (Å²) >= 11 is 0. The van der Waals surface area contributed by atoms with Crippen LogP contribution in [-0.2, 0) is 0 Å². The molecule has 1 aromatic rings. The number of nitrogens with two attached hydrogens (primary N) is 1. The molecule has 1 heterocycles. The van der Waals surface area contributed by atoms with Gasteiger partial charge in [-0.2, -0.15) is 0 Å². The molecule has 1 aliphatic heterocycles. The Kier molecular flexibility index (Phi) is 5.52. The van der Waals surface area contributed by atoms with E-state index in [1.165, 1.54) is 12.5 Å².